The van der Waals surface area contributed by atoms with Gasteiger partial charge in [-0.2, -0.15) is 0 Å². The molecule has 2 rings (SSSR count). The number of nitrogens with one attached hydrogen (secondary N) is 1. The number of hydrogen-bond donors (Lipinski definition) is 2. The Hall–Kier alpha value is -2.28. The molecule has 1 aliphatic rings. The Morgan fingerprint density at radius 1 is 1.32 bits per heavy atom. The molecule has 1 heterocycles. The summed E-state index contributed by atoms with van der Waals surface area (Å²) in [6.07, 6.45) is 0. The molecule has 116 valence electrons. The molecule has 7 heteroatoms. The molecular weight excluding hydrogens is 304 g/mol. The van der Waals surface area contributed by atoms with Crippen molar-refractivity contribution in [2.75, 3.05) is 7.11 Å². The number of amides is 1. The van der Waals surface area contributed by atoms with Crippen LogP contribution in [-0.4, -0.2) is 35.3 Å². The molecule has 1 amide bonds. The molecule has 0 aromatic heterocycles. The molecule has 1 atom stereocenters. The number of rotatable bonds is 4. The van der Waals surface area contributed by atoms with Gasteiger partial charge in [0, 0.05) is 11.8 Å². The van der Waals surface area contributed by atoms with E-state index in [1.165, 1.54) is 18.7 Å². The lowest BCUT2D eigenvalue weighted by Crippen LogP contribution is -2.32. The second kappa shape index (κ2) is 6.65. The summed E-state index contributed by atoms with van der Waals surface area (Å²) in [6.45, 7) is 3.02. The first kappa shape index (κ1) is 16.1. The van der Waals surface area contributed by atoms with Gasteiger partial charge in [0.15, 0.2) is 5.50 Å². The number of aliphatic imine (C=N–C) groups is 1. The molecule has 0 aliphatic carbocycles. The van der Waals surface area contributed by atoms with E-state index in [1.54, 1.807) is 38.3 Å². The first-order valence-electron chi connectivity index (χ1n) is 6.53. The predicted octanol–water partition coefficient (Wildman–Crippen LogP) is 2.12. The molecular formula is C15H16N2O4S. The largest absolute Gasteiger partial charge is 0.497 e. The normalized spacial score (nSPS) is 17.8. The van der Waals surface area contributed by atoms with Gasteiger partial charge >= 0.3 is 5.97 Å². The first-order chi connectivity index (χ1) is 10.4. The van der Waals surface area contributed by atoms with Gasteiger partial charge in [-0.3, -0.25) is 9.79 Å². The highest BCUT2D eigenvalue weighted by molar-refractivity contribution is 8.09. The summed E-state index contributed by atoms with van der Waals surface area (Å²) >= 11 is 1.21. The number of carbonyl (C=O) groups is 2. The molecule has 1 aliphatic heterocycles. The maximum absolute atomic E-state index is 11.5. The van der Waals surface area contributed by atoms with Crippen molar-refractivity contribution in [3.63, 3.8) is 0 Å². The Bertz CT molecular complexity index is 665. The second-order valence-electron chi connectivity index (χ2n) is 4.62. The van der Waals surface area contributed by atoms with E-state index >= 15 is 0 Å². The zero-order valence-corrected chi connectivity index (χ0v) is 13.2. The molecule has 1 unspecified atom stereocenters. The number of methoxy groups -OCH3 is 1. The Morgan fingerprint density at radius 3 is 2.45 bits per heavy atom. The SMILES string of the molecule is COc1ccc(C2=C(C(=O)O)C(C)=NC(NC(C)=O)S2)cc1. The third-order valence-electron chi connectivity index (χ3n) is 3.02. The highest BCUT2D eigenvalue weighted by Gasteiger charge is 2.27. The van der Waals surface area contributed by atoms with Crippen LogP contribution < -0.4 is 10.1 Å². The monoisotopic (exact) mass is 320 g/mol. The van der Waals surface area contributed by atoms with E-state index in [2.05, 4.69) is 10.3 Å². The van der Waals surface area contributed by atoms with E-state index in [1.807, 2.05) is 0 Å². The number of benzene rings is 1. The van der Waals surface area contributed by atoms with Crippen LogP contribution >= 0.6 is 11.8 Å². The molecule has 0 saturated carbocycles. The average Bonchev–Trinajstić information content (AvgIpc) is 2.45. The van der Waals surface area contributed by atoms with Crippen LogP contribution in [0.1, 0.15) is 19.4 Å². The number of nitrogens with zero attached hydrogens (tertiary/aromatic N) is 1. The van der Waals surface area contributed by atoms with Gasteiger partial charge in [0.2, 0.25) is 5.91 Å². The molecule has 1 aromatic carbocycles. The summed E-state index contributed by atoms with van der Waals surface area (Å²) in [5.74, 6) is -0.575. The fourth-order valence-electron chi connectivity index (χ4n) is 2.04. The number of carbonyl (C=O) groups excluding carboxylic acids is 1. The topological polar surface area (TPSA) is 88.0 Å². The van der Waals surface area contributed by atoms with E-state index in [0.717, 1.165) is 5.56 Å². The van der Waals surface area contributed by atoms with Crippen molar-refractivity contribution in [2.24, 2.45) is 4.99 Å². The van der Waals surface area contributed by atoms with Crippen LogP contribution in [0, 0.1) is 0 Å². The van der Waals surface area contributed by atoms with Gasteiger partial charge in [0.1, 0.15) is 5.75 Å². The van der Waals surface area contributed by atoms with Gasteiger partial charge in [-0.05, 0) is 24.6 Å². The van der Waals surface area contributed by atoms with Gasteiger partial charge in [0.05, 0.1) is 18.4 Å². The number of aliphatic carboxylic acids is 1. The average molecular weight is 320 g/mol. The Kier molecular flexibility index (Phi) is 4.87. The third-order valence-corrected chi connectivity index (χ3v) is 4.14. The minimum absolute atomic E-state index is 0.150. The van der Waals surface area contributed by atoms with Crippen molar-refractivity contribution in [2.45, 2.75) is 19.3 Å². The highest BCUT2D eigenvalue weighted by atomic mass is 32.2. The van der Waals surface area contributed by atoms with Crippen molar-refractivity contribution in [3.8, 4) is 5.75 Å². The molecule has 0 fully saturated rings. The van der Waals surface area contributed by atoms with E-state index in [-0.39, 0.29) is 11.5 Å². The van der Waals surface area contributed by atoms with Gasteiger partial charge in [-0.25, -0.2) is 4.79 Å². The van der Waals surface area contributed by atoms with Gasteiger partial charge in [-0.1, -0.05) is 23.9 Å². The number of hydrogen-bond acceptors (Lipinski definition) is 5. The van der Waals surface area contributed by atoms with Crippen LogP contribution in [-0.2, 0) is 9.59 Å². The van der Waals surface area contributed by atoms with E-state index in [0.29, 0.717) is 16.4 Å². The van der Waals surface area contributed by atoms with Gasteiger partial charge in [0.25, 0.3) is 0 Å². The highest BCUT2D eigenvalue weighted by Crippen LogP contribution is 2.38. The van der Waals surface area contributed by atoms with Gasteiger partial charge < -0.3 is 15.2 Å². The van der Waals surface area contributed by atoms with Crippen LogP contribution in [0.2, 0.25) is 0 Å². The Morgan fingerprint density at radius 2 is 1.95 bits per heavy atom. The minimum atomic E-state index is -1.04. The van der Waals surface area contributed by atoms with E-state index < -0.39 is 11.5 Å². The lowest BCUT2D eigenvalue weighted by Gasteiger charge is -2.23. The lowest BCUT2D eigenvalue weighted by atomic mass is 10.1. The van der Waals surface area contributed by atoms with Crippen LogP contribution in [0.25, 0.3) is 4.91 Å². The fourth-order valence-corrected chi connectivity index (χ4v) is 3.33. The van der Waals surface area contributed by atoms with Crippen molar-refractivity contribution in [3.05, 3.63) is 35.4 Å². The number of thioether (sulfide) groups is 1. The maximum atomic E-state index is 11.5. The number of carboxylic acids is 1. The van der Waals surface area contributed by atoms with Crippen LogP contribution in [0.5, 0.6) is 5.75 Å². The smallest absolute Gasteiger partial charge is 0.338 e. The molecule has 0 bridgehead atoms. The van der Waals surface area contributed by atoms with Crippen molar-refractivity contribution < 1.29 is 19.4 Å². The standard InChI is InChI=1S/C15H16N2O4S/c1-8-12(14(19)20)13(22-15(16-8)17-9(2)18)10-4-6-11(21-3)7-5-10/h4-7,15H,1-3H3,(H,17,18)(H,19,20). The first-order valence-corrected chi connectivity index (χ1v) is 7.41. The fraction of sp³-hybridized carbons (Fsp3) is 0.267. The summed E-state index contributed by atoms with van der Waals surface area (Å²) in [4.78, 5) is 27.5. The quantitative estimate of drug-likeness (QED) is 0.887. The molecule has 22 heavy (non-hydrogen) atoms. The molecule has 1 aromatic rings. The Balaban J connectivity index is 2.45. The molecule has 0 saturated heterocycles. The Labute approximate surface area is 132 Å². The third kappa shape index (κ3) is 3.48. The summed E-state index contributed by atoms with van der Waals surface area (Å²) in [7, 11) is 1.57. The lowest BCUT2D eigenvalue weighted by molar-refractivity contribution is -0.132. The van der Waals surface area contributed by atoms with Crippen LogP contribution in [0.4, 0.5) is 0 Å². The van der Waals surface area contributed by atoms with Crippen LogP contribution in [0.15, 0.2) is 34.8 Å². The predicted molar refractivity (Wildman–Crippen MR) is 85.9 cm³/mol. The zero-order chi connectivity index (χ0) is 16.3. The molecule has 0 spiro atoms. The summed E-state index contributed by atoms with van der Waals surface area (Å²) in [6, 6.07) is 7.09. The molecule has 6 nitrogen and oxygen atoms in total. The van der Waals surface area contributed by atoms with E-state index in [9.17, 15) is 14.7 Å². The zero-order valence-electron chi connectivity index (χ0n) is 12.4. The minimum Gasteiger partial charge on any atom is -0.497 e. The summed E-state index contributed by atoms with van der Waals surface area (Å²) < 4.78 is 5.11. The summed E-state index contributed by atoms with van der Waals surface area (Å²) in [5.41, 5.74) is 0.748. The number of carboxylic acid groups (broad SMARTS) is 1. The van der Waals surface area contributed by atoms with Crippen molar-refractivity contribution in [1.29, 1.82) is 0 Å². The summed E-state index contributed by atoms with van der Waals surface area (Å²) in [5, 5.41) is 12.1. The molecule has 2 N–H and O–H groups in total. The van der Waals surface area contributed by atoms with Gasteiger partial charge in [-0.15, -0.1) is 0 Å². The van der Waals surface area contributed by atoms with Crippen molar-refractivity contribution >= 4 is 34.3 Å². The van der Waals surface area contributed by atoms with Crippen LogP contribution in [0.3, 0.4) is 0 Å². The van der Waals surface area contributed by atoms with E-state index in [4.69, 9.17) is 4.74 Å². The number of ether oxygens (including phenoxy) is 1. The maximum Gasteiger partial charge on any atom is 0.338 e. The van der Waals surface area contributed by atoms with Crippen molar-refractivity contribution in [1.82, 2.24) is 5.32 Å². The molecule has 0 radical (unpaired) electrons. The second-order valence-corrected chi connectivity index (χ2v) is 5.71.